The Balaban J connectivity index is 1.77. The molecule has 2 aromatic rings. The minimum absolute atomic E-state index is 0.00689. The fraction of sp³-hybridized carbons (Fsp3) is 0.409. The van der Waals surface area contributed by atoms with E-state index in [0.717, 1.165) is 31.5 Å². The second-order valence-corrected chi connectivity index (χ2v) is 10.6. The van der Waals surface area contributed by atoms with Gasteiger partial charge in [0.2, 0.25) is 10.0 Å². The maximum absolute atomic E-state index is 13.0. The van der Waals surface area contributed by atoms with Crippen LogP contribution in [-0.2, 0) is 10.0 Å². The molecule has 0 radical (unpaired) electrons. The average Bonchev–Trinajstić information content (AvgIpc) is 2.70. The monoisotopic (exact) mass is 483 g/mol. The second kappa shape index (κ2) is 9.88. The number of carbonyl (C=O) groups excluding carboxylic acids is 1. The Labute approximate surface area is 194 Å². The van der Waals surface area contributed by atoms with E-state index < -0.39 is 10.0 Å². The number of carbonyl (C=O) groups is 1. The standard InChI is InChI=1S/C22H27Cl2N3O3S/c1-14-6-4-5-7-17(14)22(28)25-20-12-19(24)21(13-18(20)23)31(29,30)26-15(2)16-8-10-27(3)11-9-16/h4-7,12-13,15-16,26H,8-11H2,1-3H3,(H,25,28)/t15-/m0/s1. The molecule has 2 N–H and O–H groups in total. The SMILES string of the molecule is Cc1ccccc1C(=O)Nc1cc(Cl)c(S(=O)(=O)N[C@@H](C)C2CCN(C)CC2)cc1Cl. The van der Waals surface area contributed by atoms with E-state index in [-0.39, 0.29) is 38.5 Å². The summed E-state index contributed by atoms with van der Waals surface area (Å²) in [5.41, 5.74) is 1.57. The number of aryl methyl sites for hydroxylation is 1. The van der Waals surface area contributed by atoms with Crippen LogP contribution in [0.1, 0.15) is 35.7 Å². The molecule has 3 rings (SSSR count). The van der Waals surface area contributed by atoms with E-state index in [2.05, 4.69) is 22.0 Å². The van der Waals surface area contributed by atoms with Gasteiger partial charge in [0.25, 0.3) is 5.91 Å². The van der Waals surface area contributed by atoms with Crippen LogP contribution < -0.4 is 10.0 Å². The van der Waals surface area contributed by atoms with Gasteiger partial charge in [-0.3, -0.25) is 4.79 Å². The van der Waals surface area contributed by atoms with Crippen LogP contribution >= 0.6 is 23.2 Å². The molecule has 1 aliphatic heterocycles. The first-order valence-corrected chi connectivity index (χ1v) is 12.4. The fourth-order valence-corrected chi connectivity index (χ4v) is 5.92. The Bertz CT molecular complexity index is 1070. The summed E-state index contributed by atoms with van der Waals surface area (Å²) >= 11 is 12.6. The summed E-state index contributed by atoms with van der Waals surface area (Å²) in [5, 5.41) is 2.80. The predicted molar refractivity (Wildman–Crippen MR) is 126 cm³/mol. The van der Waals surface area contributed by atoms with Crippen molar-refractivity contribution in [3.63, 3.8) is 0 Å². The quantitative estimate of drug-likeness (QED) is 0.630. The molecule has 9 heteroatoms. The molecule has 0 spiro atoms. The zero-order chi connectivity index (χ0) is 22.8. The van der Waals surface area contributed by atoms with Crippen LogP contribution in [0.5, 0.6) is 0 Å². The molecule has 0 aromatic heterocycles. The molecule has 31 heavy (non-hydrogen) atoms. The van der Waals surface area contributed by atoms with Crippen LogP contribution in [-0.4, -0.2) is 45.4 Å². The summed E-state index contributed by atoms with van der Waals surface area (Å²) in [4.78, 5) is 14.7. The summed E-state index contributed by atoms with van der Waals surface area (Å²) in [6, 6.07) is 9.56. The van der Waals surface area contributed by atoms with Crippen molar-refractivity contribution in [1.82, 2.24) is 9.62 Å². The topological polar surface area (TPSA) is 78.5 Å². The van der Waals surface area contributed by atoms with Gasteiger partial charge in [0.15, 0.2) is 0 Å². The maximum Gasteiger partial charge on any atom is 0.255 e. The number of anilines is 1. The Morgan fingerprint density at radius 2 is 1.77 bits per heavy atom. The molecule has 1 amide bonds. The number of nitrogens with one attached hydrogen (secondary N) is 2. The molecular weight excluding hydrogens is 457 g/mol. The molecule has 1 saturated heterocycles. The van der Waals surface area contributed by atoms with Gasteiger partial charge in [-0.15, -0.1) is 0 Å². The van der Waals surface area contributed by atoms with Crippen LogP contribution in [0.15, 0.2) is 41.3 Å². The number of benzene rings is 2. The third kappa shape index (κ3) is 5.79. The van der Waals surface area contributed by atoms with E-state index in [1.54, 1.807) is 12.1 Å². The summed E-state index contributed by atoms with van der Waals surface area (Å²) in [6.07, 6.45) is 1.86. The van der Waals surface area contributed by atoms with E-state index >= 15 is 0 Å². The molecular formula is C22H27Cl2N3O3S. The van der Waals surface area contributed by atoms with E-state index in [0.29, 0.717) is 5.56 Å². The van der Waals surface area contributed by atoms with Gasteiger partial charge < -0.3 is 10.2 Å². The number of likely N-dealkylation sites (tertiary alicyclic amines) is 1. The van der Waals surface area contributed by atoms with Crippen molar-refractivity contribution in [2.75, 3.05) is 25.5 Å². The van der Waals surface area contributed by atoms with Crippen molar-refractivity contribution in [2.45, 2.75) is 37.6 Å². The molecule has 168 valence electrons. The average molecular weight is 484 g/mol. The Hall–Kier alpha value is -1.64. The molecule has 2 aromatic carbocycles. The van der Waals surface area contributed by atoms with Gasteiger partial charge in [-0.25, -0.2) is 13.1 Å². The van der Waals surface area contributed by atoms with Gasteiger partial charge in [0, 0.05) is 11.6 Å². The van der Waals surface area contributed by atoms with E-state index in [1.165, 1.54) is 12.1 Å². The van der Waals surface area contributed by atoms with Crippen LogP contribution in [0.3, 0.4) is 0 Å². The van der Waals surface area contributed by atoms with Gasteiger partial charge in [0.05, 0.1) is 15.7 Å². The zero-order valence-electron chi connectivity index (χ0n) is 17.8. The Morgan fingerprint density at radius 3 is 2.42 bits per heavy atom. The molecule has 0 saturated carbocycles. The minimum atomic E-state index is -3.87. The first kappa shape index (κ1) is 24.0. The fourth-order valence-electron chi connectivity index (χ4n) is 3.78. The van der Waals surface area contributed by atoms with Gasteiger partial charge in [-0.05, 0) is 76.5 Å². The highest BCUT2D eigenvalue weighted by Gasteiger charge is 2.28. The van der Waals surface area contributed by atoms with E-state index in [4.69, 9.17) is 23.2 Å². The number of halogens is 2. The number of hydrogen-bond acceptors (Lipinski definition) is 4. The van der Waals surface area contributed by atoms with Crippen LogP contribution in [0.4, 0.5) is 5.69 Å². The second-order valence-electron chi connectivity index (χ2n) is 8.08. The lowest BCUT2D eigenvalue weighted by molar-refractivity contribution is 0.102. The lowest BCUT2D eigenvalue weighted by Gasteiger charge is -2.33. The highest BCUT2D eigenvalue weighted by Crippen LogP contribution is 2.33. The van der Waals surface area contributed by atoms with Crippen LogP contribution in [0.2, 0.25) is 10.0 Å². The molecule has 1 atom stereocenters. The summed E-state index contributed by atoms with van der Waals surface area (Å²) in [7, 11) is -1.81. The Kier molecular flexibility index (Phi) is 7.65. The number of piperidine rings is 1. The van der Waals surface area contributed by atoms with Gasteiger partial charge in [-0.1, -0.05) is 41.4 Å². The van der Waals surface area contributed by atoms with Crippen molar-refractivity contribution in [3.8, 4) is 0 Å². The third-order valence-corrected chi connectivity index (χ3v) is 8.10. The molecule has 1 heterocycles. The third-order valence-electron chi connectivity index (χ3n) is 5.76. The highest BCUT2D eigenvalue weighted by atomic mass is 35.5. The van der Waals surface area contributed by atoms with Gasteiger partial charge in [-0.2, -0.15) is 0 Å². The lowest BCUT2D eigenvalue weighted by Crippen LogP contribution is -2.43. The smallest absolute Gasteiger partial charge is 0.255 e. The van der Waals surface area contributed by atoms with E-state index in [9.17, 15) is 13.2 Å². The molecule has 6 nitrogen and oxygen atoms in total. The number of sulfonamides is 1. The summed E-state index contributed by atoms with van der Waals surface area (Å²) in [5.74, 6) is -0.0893. The predicted octanol–water partition coefficient (Wildman–Crippen LogP) is 4.56. The number of hydrogen-bond donors (Lipinski definition) is 2. The summed E-state index contributed by atoms with van der Waals surface area (Å²) in [6.45, 7) is 5.59. The van der Waals surface area contributed by atoms with Gasteiger partial charge >= 0.3 is 0 Å². The molecule has 0 unspecified atom stereocenters. The normalized spacial score (nSPS) is 16.8. The lowest BCUT2D eigenvalue weighted by atomic mass is 9.91. The molecule has 0 aliphatic carbocycles. The molecule has 0 bridgehead atoms. The van der Waals surface area contributed by atoms with Crippen molar-refractivity contribution < 1.29 is 13.2 Å². The maximum atomic E-state index is 13.0. The largest absolute Gasteiger partial charge is 0.321 e. The molecule has 1 aliphatic rings. The van der Waals surface area contributed by atoms with Crippen LogP contribution in [0.25, 0.3) is 0 Å². The highest BCUT2D eigenvalue weighted by molar-refractivity contribution is 7.89. The number of amides is 1. The first-order chi connectivity index (χ1) is 14.6. The summed E-state index contributed by atoms with van der Waals surface area (Å²) < 4.78 is 28.7. The zero-order valence-corrected chi connectivity index (χ0v) is 20.1. The van der Waals surface area contributed by atoms with E-state index in [1.807, 2.05) is 26.0 Å². The number of nitrogens with zero attached hydrogens (tertiary/aromatic N) is 1. The van der Waals surface area contributed by atoms with Crippen molar-refractivity contribution in [3.05, 3.63) is 57.6 Å². The first-order valence-electron chi connectivity index (χ1n) is 10.2. The van der Waals surface area contributed by atoms with Crippen LogP contribution in [0, 0.1) is 12.8 Å². The van der Waals surface area contributed by atoms with Crippen molar-refractivity contribution in [2.24, 2.45) is 5.92 Å². The van der Waals surface area contributed by atoms with Crippen molar-refractivity contribution >= 4 is 44.8 Å². The van der Waals surface area contributed by atoms with Crippen molar-refractivity contribution in [1.29, 1.82) is 0 Å². The minimum Gasteiger partial charge on any atom is -0.321 e. The number of rotatable bonds is 6. The van der Waals surface area contributed by atoms with Gasteiger partial charge in [0.1, 0.15) is 4.90 Å². The Morgan fingerprint density at radius 1 is 1.13 bits per heavy atom. The molecule has 1 fully saturated rings.